The molecule has 0 radical (unpaired) electrons. The topological polar surface area (TPSA) is 50.8 Å². The van der Waals surface area contributed by atoms with Crippen LogP contribution >= 0.6 is 15.9 Å². The van der Waals surface area contributed by atoms with Gasteiger partial charge in [-0.1, -0.05) is 15.9 Å². The molecular formula is C13H12BrN3O. The van der Waals surface area contributed by atoms with Crippen LogP contribution in [0, 0.1) is 11.3 Å². The maximum atomic E-state index is 9.14. The molecule has 92 valence electrons. The number of halogens is 1. The van der Waals surface area contributed by atoms with Crippen molar-refractivity contribution >= 4 is 26.8 Å². The van der Waals surface area contributed by atoms with E-state index in [0.717, 1.165) is 41.2 Å². The third kappa shape index (κ3) is 1.92. The summed E-state index contributed by atoms with van der Waals surface area (Å²) >= 11 is 3.46. The smallest absolute Gasteiger partial charge is 0.170 e. The Hall–Kier alpha value is -1.38. The van der Waals surface area contributed by atoms with Gasteiger partial charge in [-0.05, 0) is 37.5 Å². The lowest BCUT2D eigenvalue weighted by atomic mass is 10.2. The van der Waals surface area contributed by atoms with Gasteiger partial charge in [0.25, 0.3) is 0 Å². The first kappa shape index (κ1) is 11.7. The molecule has 1 saturated heterocycles. The Kier molecular flexibility index (Phi) is 3.06. The van der Waals surface area contributed by atoms with Crippen molar-refractivity contribution in [1.29, 1.82) is 5.26 Å². The van der Waals surface area contributed by atoms with Gasteiger partial charge in [0.1, 0.15) is 6.07 Å². The van der Waals surface area contributed by atoms with Crippen molar-refractivity contribution in [2.75, 3.05) is 6.61 Å². The number of hydrogen-bond donors (Lipinski definition) is 0. The number of nitriles is 1. The number of hydrogen-bond acceptors (Lipinski definition) is 3. The molecule has 0 spiro atoms. The molecule has 1 atom stereocenters. The molecule has 1 aliphatic rings. The molecule has 2 heterocycles. The van der Waals surface area contributed by atoms with Crippen LogP contribution in [0.4, 0.5) is 0 Å². The van der Waals surface area contributed by atoms with E-state index in [1.54, 1.807) is 0 Å². The molecule has 5 heteroatoms. The molecule has 1 fully saturated rings. The minimum atomic E-state index is -0.0438. The molecule has 0 N–H and O–H groups in total. The van der Waals surface area contributed by atoms with E-state index >= 15 is 0 Å². The predicted octanol–water partition coefficient (Wildman–Crippen LogP) is 3.37. The molecule has 1 aromatic heterocycles. The van der Waals surface area contributed by atoms with Crippen LogP contribution in [0.3, 0.4) is 0 Å². The van der Waals surface area contributed by atoms with Gasteiger partial charge in [-0.3, -0.25) is 0 Å². The van der Waals surface area contributed by atoms with Crippen molar-refractivity contribution in [3.63, 3.8) is 0 Å². The lowest BCUT2D eigenvalue weighted by Gasteiger charge is -2.23. The number of ether oxygens (including phenoxy) is 1. The van der Waals surface area contributed by atoms with Crippen LogP contribution < -0.4 is 0 Å². The van der Waals surface area contributed by atoms with Crippen molar-refractivity contribution < 1.29 is 4.74 Å². The maximum Gasteiger partial charge on any atom is 0.170 e. The summed E-state index contributed by atoms with van der Waals surface area (Å²) in [5, 5.41) is 14.4. The SMILES string of the molecule is N#Cc1nn([C@H]2CCCCO2)c2cc(Br)ccc12. The Morgan fingerprint density at radius 2 is 2.33 bits per heavy atom. The Bertz CT molecular complexity index is 623. The highest BCUT2D eigenvalue weighted by Gasteiger charge is 2.20. The summed E-state index contributed by atoms with van der Waals surface area (Å²) in [4.78, 5) is 0. The normalized spacial score (nSPS) is 19.9. The first-order valence-electron chi connectivity index (χ1n) is 5.99. The second-order valence-corrected chi connectivity index (χ2v) is 5.30. The number of rotatable bonds is 1. The van der Waals surface area contributed by atoms with Crippen LogP contribution in [0.5, 0.6) is 0 Å². The van der Waals surface area contributed by atoms with Crippen LogP contribution in [-0.2, 0) is 4.74 Å². The van der Waals surface area contributed by atoms with Crippen molar-refractivity contribution in [3.05, 3.63) is 28.4 Å². The lowest BCUT2D eigenvalue weighted by molar-refractivity contribution is -0.0367. The number of nitrogens with zero attached hydrogens (tertiary/aromatic N) is 3. The first-order valence-corrected chi connectivity index (χ1v) is 6.78. The van der Waals surface area contributed by atoms with Gasteiger partial charge in [0.15, 0.2) is 11.9 Å². The molecule has 3 rings (SSSR count). The standard InChI is InChI=1S/C13H12BrN3O/c14-9-4-5-10-11(8-15)16-17(12(10)7-9)13-3-1-2-6-18-13/h4-5,7,13H,1-3,6H2/t13-/m1/s1. The van der Waals surface area contributed by atoms with Crippen molar-refractivity contribution in [2.24, 2.45) is 0 Å². The van der Waals surface area contributed by atoms with E-state index in [0.29, 0.717) is 5.69 Å². The third-order valence-corrected chi connectivity index (χ3v) is 3.70. The zero-order chi connectivity index (χ0) is 12.5. The Morgan fingerprint density at radius 1 is 1.44 bits per heavy atom. The third-order valence-electron chi connectivity index (χ3n) is 3.20. The van der Waals surface area contributed by atoms with Crippen LogP contribution in [0.25, 0.3) is 10.9 Å². The molecule has 2 aromatic rings. The largest absolute Gasteiger partial charge is 0.356 e. The van der Waals surface area contributed by atoms with E-state index in [4.69, 9.17) is 10.00 Å². The minimum absolute atomic E-state index is 0.0438. The average Bonchev–Trinajstić information content (AvgIpc) is 2.77. The second-order valence-electron chi connectivity index (χ2n) is 4.39. The van der Waals surface area contributed by atoms with E-state index in [1.165, 1.54) is 0 Å². The summed E-state index contributed by atoms with van der Waals surface area (Å²) in [6.07, 6.45) is 3.15. The molecule has 1 aromatic carbocycles. The molecule has 0 aliphatic carbocycles. The van der Waals surface area contributed by atoms with E-state index < -0.39 is 0 Å². The predicted molar refractivity (Wildman–Crippen MR) is 71.0 cm³/mol. The van der Waals surface area contributed by atoms with E-state index in [2.05, 4.69) is 27.1 Å². The fourth-order valence-corrected chi connectivity index (χ4v) is 2.68. The van der Waals surface area contributed by atoms with Crippen molar-refractivity contribution in [1.82, 2.24) is 9.78 Å². The van der Waals surface area contributed by atoms with Crippen molar-refractivity contribution in [2.45, 2.75) is 25.5 Å². The molecule has 4 nitrogen and oxygen atoms in total. The highest BCUT2D eigenvalue weighted by atomic mass is 79.9. The van der Waals surface area contributed by atoms with Crippen LogP contribution in [0.2, 0.25) is 0 Å². The number of fused-ring (bicyclic) bond motifs is 1. The van der Waals surface area contributed by atoms with Gasteiger partial charge in [-0.25, -0.2) is 4.68 Å². The maximum absolute atomic E-state index is 9.14. The molecule has 0 saturated carbocycles. The molecule has 18 heavy (non-hydrogen) atoms. The zero-order valence-corrected chi connectivity index (χ0v) is 11.4. The molecular weight excluding hydrogens is 294 g/mol. The zero-order valence-electron chi connectivity index (χ0n) is 9.77. The summed E-state index contributed by atoms with van der Waals surface area (Å²) in [7, 11) is 0. The average molecular weight is 306 g/mol. The number of aromatic nitrogens is 2. The van der Waals surface area contributed by atoms with Crippen LogP contribution in [0.1, 0.15) is 31.2 Å². The van der Waals surface area contributed by atoms with E-state index in [9.17, 15) is 0 Å². The van der Waals surface area contributed by atoms with Gasteiger partial charge < -0.3 is 4.74 Å². The summed E-state index contributed by atoms with van der Waals surface area (Å²) < 4.78 is 8.57. The Balaban J connectivity index is 2.16. The minimum Gasteiger partial charge on any atom is -0.356 e. The Labute approximate surface area is 113 Å². The number of benzene rings is 1. The first-order chi connectivity index (χ1) is 8.79. The van der Waals surface area contributed by atoms with Gasteiger partial charge in [0, 0.05) is 16.5 Å². The highest BCUT2D eigenvalue weighted by molar-refractivity contribution is 9.10. The van der Waals surface area contributed by atoms with E-state index in [-0.39, 0.29) is 6.23 Å². The fraction of sp³-hybridized carbons (Fsp3) is 0.385. The van der Waals surface area contributed by atoms with E-state index in [1.807, 2.05) is 22.9 Å². The van der Waals surface area contributed by atoms with Crippen molar-refractivity contribution in [3.8, 4) is 6.07 Å². The quantitative estimate of drug-likeness (QED) is 0.811. The van der Waals surface area contributed by atoms with Crippen LogP contribution in [-0.4, -0.2) is 16.4 Å². The van der Waals surface area contributed by atoms with Gasteiger partial charge >= 0.3 is 0 Å². The monoisotopic (exact) mass is 305 g/mol. The van der Waals surface area contributed by atoms with Gasteiger partial charge in [-0.15, -0.1) is 0 Å². The molecule has 0 amide bonds. The summed E-state index contributed by atoms with van der Waals surface area (Å²) in [6, 6.07) is 7.98. The van der Waals surface area contributed by atoms with Gasteiger partial charge in [0.05, 0.1) is 5.52 Å². The highest BCUT2D eigenvalue weighted by Crippen LogP contribution is 2.29. The molecule has 0 unspecified atom stereocenters. The molecule has 0 bridgehead atoms. The fourth-order valence-electron chi connectivity index (χ4n) is 2.33. The summed E-state index contributed by atoms with van der Waals surface area (Å²) in [5.74, 6) is 0. The lowest BCUT2D eigenvalue weighted by Crippen LogP contribution is -2.19. The second kappa shape index (κ2) is 4.71. The van der Waals surface area contributed by atoms with Gasteiger partial charge in [-0.2, -0.15) is 10.4 Å². The van der Waals surface area contributed by atoms with Gasteiger partial charge in [0.2, 0.25) is 0 Å². The van der Waals surface area contributed by atoms with Crippen LogP contribution in [0.15, 0.2) is 22.7 Å². The summed E-state index contributed by atoms with van der Waals surface area (Å²) in [6.45, 7) is 0.766. The Morgan fingerprint density at radius 3 is 3.06 bits per heavy atom. The molecule has 1 aliphatic heterocycles. The summed E-state index contributed by atoms with van der Waals surface area (Å²) in [5.41, 5.74) is 1.42.